The van der Waals surface area contributed by atoms with Gasteiger partial charge in [0.1, 0.15) is 5.76 Å². The van der Waals surface area contributed by atoms with Gasteiger partial charge in [0.05, 0.1) is 5.69 Å². The molecule has 1 aromatic heterocycles. The smallest absolute Gasteiger partial charge is 0.223 e. The molecule has 5 nitrogen and oxygen atoms in total. The van der Waals surface area contributed by atoms with E-state index in [-0.39, 0.29) is 30.3 Å². The second-order valence-corrected chi connectivity index (χ2v) is 5.14. The topological polar surface area (TPSA) is 81.2 Å². The molecule has 19 heavy (non-hydrogen) atoms. The highest BCUT2D eigenvalue weighted by Crippen LogP contribution is 2.23. The van der Waals surface area contributed by atoms with Gasteiger partial charge in [-0.15, -0.1) is 12.4 Å². The van der Waals surface area contributed by atoms with Crippen molar-refractivity contribution >= 4 is 18.3 Å². The molecule has 1 heterocycles. The Morgan fingerprint density at radius 1 is 1.47 bits per heavy atom. The van der Waals surface area contributed by atoms with Crippen LogP contribution in [0.2, 0.25) is 0 Å². The second-order valence-electron chi connectivity index (χ2n) is 5.14. The van der Waals surface area contributed by atoms with Gasteiger partial charge in [0.25, 0.3) is 0 Å². The minimum atomic E-state index is 0. The number of amides is 1. The van der Waals surface area contributed by atoms with Crippen LogP contribution in [-0.4, -0.2) is 17.1 Å². The molecule has 1 aliphatic rings. The number of nitrogens with one attached hydrogen (secondary N) is 1. The van der Waals surface area contributed by atoms with Crippen LogP contribution in [-0.2, 0) is 11.3 Å². The molecule has 3 N–H and O–H groups in total. The fraction of sp³-hybridized carbons (Fsp3) is 0.692. The fourth-order valence-electron chi connectivity index (χ4n) is 2.54. The van der Waals surface area contributed by atoms with Gasteiger partial charge in [-0.05, 0) is 33.1 Å². The lowest BCUT2D eigenvalue weighted by molar-refractivity contribution is -0.126. The van der Waals surface area contributed by atoms with Gasteiger partial charge in [-0.25, -0.2) is 0 Å². The zero-order valence-corrected chi connectivity index (χ0v) is 12.3. The van der Waals surface area contributed by atoms with Crippen LogP contribution in [0.3, 0.4) is 0 Å². The Balaban J connectivity index is 0.00000180. The average molecular weight is 288 g/mol. The predicted molar refractivity (Wildman–Crippen MR) is 75.0 cm³/mol. The van der Waals surface area contributed by atoms with Crippen molar-refractivity contribution in [3.8, 4) is 0 Å². The van der Waals surface area contributed by atoms with E-state index in [0.29, 0.717) is 6.54 Å². The number of hydrogen-bond acceptors (Lipinski definition) is 4. The van der Waals surface area contributed by atoms with E-state index in [1.54, 1.807) is 0 Å². The van der Waals surface area contributed by atoms with Crippen molar-refractivity contribution in [2.45, 2.75) is 52.1 Å². The number of halogens is 1. The van der Waals surface area contributed by atoms with E-state index in [9.17, 15) is 4.79 Å². The molecule has 0 bridgehead atoms. The van der Waals surface area contributed by atoms with Crippen molar-refractivity contribution in [2.75, 3.05) is 0 Å². The average Bonchev–Trinajstić information content (AvgIpc) is 2.66. The van der Waals surface area contributed by atoms with E-state index in [4.69, 9.17) is 10.3 Å². The van der Waals surface area contributed by atoms with Gasteiger partial charge in [-0.1, -0.05) is 11.6 Å². The summed E-state index contributed by atoms with van der Waals surface area (Å²) in [4.78, 5) is 12.0. The van der Waals surface area contributed by atoms with Crippen LogP contribution in [0.1, 0.15) is 42.7 Å². The molecule has 1 fully saturated rings. The molecule has 0 spiro atoms. The van der Waals surface area contributed by atoms with Crippen molar-refractivity contribution in [2.24, 2.45) is 11.7 Å². The van der Waals surface area contributed by atoms with Gasteiger partial charge in [-0.2, -0.15) is 0 Å². The molecule has 2 atom stereocenters. The molecule has 2 unspecified atom stereocenters. The molecule has 2 rings (SSSR count). The number of nitrogens with zero attached hydrogens (tertiary/aromatic N) is 1. The standard InChI is InChI=1S/C13H21N3O2.ClH/c1-8-12(9(2)18-16-8)7-15-13(17)10-4-3-5-11(14)6-10;/h10-11H,3-7,14H2,1-2H3,(H,15,17);1H. The summed E-state index contributed by atoms with van der Waals surface area (Å²) >= 11 is 0. The summed E-state index contributed by atoms with van der Waals surface area (Å²) in [5, 5.41) is 6.83. The lowest BCUT2D eigenvalue weighted by atomic mass is 9.85. The van der Waals surface area contributed by atoms with Crippen molar-refractivity contribution in [3.05, 3.63) is 17.0 Å². The highest BCUT2D eigenvalue weighted by Gasteiger charge is 2.25. The monoisotopic (exact) mass is 287 g/mol. The maximum Gasteiger partial charge on any atom is 0.223 e. The van der Waals surface area contributed by atoms with Crippen molar-refractivity contribution in [1.29, 1.82) is 0 Å². The molecule has 1 aromatic rings. The fourth-order valence-corrected chi connectivity index (χ4v) is 2.54. The predicted octanol–water partition coefficient (Wildman–Crippen LogP) is 1.85. The van der Waals surface area contributed by atoms with Crippen molar-refractivity contribution < 1.29 is 9.32 Å². The molecular weight excluding hydrogens is 266 g/mol. The van der Waals surface area contributed by atoms with Crippen LogP contribution in [0.25, 0.3) is 0 Å². The van der Waals surface area contributed by atoms with Crippen molar-refractivity contribution in [1.82, 2.24) is 10.5 Å². The molecule has 0 saturated heterocycles. The van der Waals surface area contributed by atoms with Crippen LogP contribution in [0.4, 0.5) is 0 Å². The first-order valence-electron chi connectivity index (χ1n) is 6.53. The Morgan fingerprint density at radius 2 is 2.21 bits per heavy atom. The van der Waals surface area contributed by atoms with Crippen LogP contribution >= 0.6 is 12.4 Å². The third-order valence-corrected chi connectivity index (χ3v) is 3.71. The van der Waals surface area contributed by atoms with Gasteiger partial charge < -0.3 is 15.6 Å². The van der Waals surface area contributed by atoms with E-state index >= 15 is 0 Å². The lowest BCUT2D eigenvalue weighted by Gasteiger charge is -2.25. The first-order chi connectivity index (χ1) is 8.58. The largest absolute Gasteiger partial charge is 0.361 e. The third-order valence-electron chi connectivity index (χ3n) is 3.71. The highest BCUT2D eigenvalue weighted by molar-refractivity contribution is 5.85. The number of carbonyl (C=O) groups excluding carboxylic acids is 1. The Morgan fingerprint density at radius 3 is 2.79 bits per heavy atom. The highest BCUT2D eigenvalue weighted by atomic mass is 35.5. The van der Waals surface area contributed by atoms with Gasteiger partial charge in [0, 0.05) is 24.1 Å². The molecule has 1 saturated carbocycles. The molecular formula is C13H22ClN3O2. The summed E-state index contributed by atoms with van der Waals surface area (Å²) in [6, 6.07) is 0.175. The first-order valence-corrected chi connectivity index (χ1v) is 6.53. The molecule has 0 aliphatic heterocycles. The molecule has 0 aromatic carbocycles. The number of rotatable bonds is 3. The zero-order chi connectivity index (χ0) is 13.1. The normalized spacial score (nSPS) is 22.7. The molecule has 108 valence electrons. The van der Waals surface area contributed by atoms with Gasteiger partial charge in [0.2, 0.25) is 5.91 Å². The second kappa shape index (κ2) is 6.91. The van der Waals surface area contributed by atoms with Crippen LogP contribution in [0.15, 0.2) is 4.52 Å². The van der Waals surface area contributed by atoms with Crippen LogP contribution < -0.4 is 11.1 Å². The molecule has 1 aliphatic carbocycles. The lowest BCUT2D eigenvalue weighted by Crippen LogP contribution is -2.37. The molecule has 0 radical (unpaired) electrons. The van der Waals surface area contributed by atoms with Gasteiger partial charge >= 0.3 is 0 Å². The Kier molecular flexibility index (Phi) is 5.82. The van der Waals surface area contributed by atoms with E-state index in [1.807, 2.05) is 13.8 Å². The molecule has 6 heteroatoms. The summed E-state index contributed by atoms with van der Waals surface area (Å²) in [6.45, 7) is 4.23. The van der Waals surface area contributed by atoms with Crippen molar-refractivity contribution in [3.63, 3.8) is 0 Å². The Hall–Kier alpha value is -1.07. The van der Waals surface area contributed by atoms with Gasteiger partial charge in [-0.3, -0.25) is 4.79 Å². The number of hydrogen-bond donors (Lipinski definition) is 2. The number of aromatic nitrogens is 1. The summed E-state index contributed by atoms with van der Waals surface area (Å²) in [7, 11) is 0. The maximum absolute atomic E-state index is 12.0. The maximum atomic E-state index is 12.0. The number of aryl methyl sites for hydroxylation is 2. The zero-order valence-electron chi connectivity index (χ0n) is 11.4. The van der Waals surface area contributed by atoms with E-state index in [1.165, 1.54) is 0 Å². The third kappa shape index (κ3) is 3.94. The van der Waals surface area contributed by atoms with E-state index in [0.717, 1.165) is 42.7 Å². The summed E-state index contributed by atoms with van der Waals surface area (Å²) in [5.41, 5.74) is 7.71. The summed E-state index contributed by atoms with van der Waals surface area (Å²) in [6.07, 6.45) is 3.83. The molecule has 1 amide bonds. The number of carbonyl (C=O) groups is 1. The number of nitrogens with two attached hydrogens (primary N) is 1. The van der Waals surface area contributed by atoms with Crippen LogP contribution in [0, 0.1) is 19.8 Å². The first kappa shape index (κ1) is 16.0. The summed E-state index contributed by atoms with van der Waals surface area (Å²) in [5.74, 6) is 0.938. The van der Waals surface area contributed by atoms with Crippen LogP contribution in [0.5, 0.6) is 0 Å². The quantitative estimate of drug-likeness (QED) is 0.889. The minimum Gasteiger partial charge on any atom is -0.361 e. The summed E-state index contributed by atoms with van der Waals surface area (Å²) < 4.78 is 5.07. The van der Waals surface area contributed by atoms with E-state index in [2.05, 4.69) is 10.5 Å². The SMILES string of the molecule is Cc1noc(C)c1CNC(=O)C1CCCC(N)C1.Cl. The van der Waals surface area contributed by atoms with Gasteiger partial charge in [0.15, 0.2) is 0 Å². The minimum absolute atomic E-state index is 0. The Labute approximate surface area is 119 Å². The Bertz CT molecular complexity index is 414. The van der Waals surface area contributed by atoms with E-state index < -0.39 is 0 Å².